The average molecular weight is 526 g/mol. The van der Waals surface area contributed by atoms with Crippen LogP contribution < -0.4 is 15.2 Å². The largest absolute Gasteiger partial charge is 0.514 e. The van der Waals surface area contributed by atoms with Gasteiger partial charge in [0, 0.05) is 12.8 Å². The van der Waals surface area contributed by atoms with Crippen LogP contribution in [0.2, 0.25) is 0 Å². The topological polar surface area (TPSA) is 161 Å². The minimum Gasteiger partial charge on any atom is -0.480 e. The summed E-state index contributed by atoms with van der Waals surface area (Å²) in [4.78, 5) is 48.4. The fourth-order valence-electron chi connectivity index (χ4n) is 3.29. The molecule has 208 valence electrons. The highest BCUT2D eigenvalue weighted by molar-refractivity contribution is 5.79. The molecule has 37 heavy (non-hydrogen) atoms. The molecular formula is C26H39NO10. The Hall–Kier alpha value is -3.34. The van der Waals surface area contributed by atoms with Gasteiger partial charge in [-0.3, -0.25) is 9.59 Å². The van der Waals surface area contributed by atoms with Gasteiger partial charge in [-0.2, -0.15) is 0 Å². The first kappa shape index (κ1) is 31.7. The summed E-state index contributed by atoms with van der Waals surface area (Å²) < 4.78 is 25.7. The van der Waals surface area contributed by atoms with Gasteiger partial charge in [0.1, 0.15) is 11.6 Å². The first-order chi connectivity index (χ1) is 16.9. The van der Waals surface area contributed by atoms with Crippen LogP contribution in [0.1, 0.15) is 73.8 Å². The van der Waals surface area contributed by atoms with Crippen LogP contribution in [0.15, 0.2) is 18.2 Å². The molecule has 1 aromatic rings. The minimum atomic E-state index is -1.82. The van der Waals surface area contributed by atoms with Crippen molar-refractivity contribution in [2.45, 2.75) is 98.5 Å². The Morgan fingerprint density at radius 3 is 1.84 bits per heavy atom. The maximum absolute atomic E-state index is 12.2. The molecule has 0 fully saturated rings. The predicted molar refractivity (Wildman–Crippen MR) is 133 cm³/mol. The number of hydrogen-bond acceptors (Lipinski definition) is 10. The Morgan fingerprint density at radius 1 is 0.865 bits per heavy atom. The summed E-state index contributed by atoms with van der Waals surface area (Å²) >= 11 is 0. The second-order valence-electron chi connectivity index (χ2n) is 10.7. The second-order valence-corrected chi connectivity index (χ2v) is 10.7. The van der Waals surface area contributed by atoms with Gasteiger partial charge in [0.15, 0.2) is 11.5 Å². The number of carbonyl (C=O) groups is 4. The molecule has 0 spiro atoms. The van der Waals surface area contributed by atoms with E-state index in [1.54, 1.807) is 34.6 Å². The molecule has 0 aliphatic heterocycles. The lowest BCUT2D eigenvalue weighted by molar-refractivity contribution is -0.154. The van der Waals surface area contributed by atoms with Crippen LogP contribution in [0.25, 0.3) is 0 Å². The smallest absolute Gasteiger partial charge is 0.480 e. The van der Waals surface area contributed by atoms with Gasteiger partial charge < -0.3 is 34.5 Å². The quantitative estimate of drug-likeness (QED) is 0.236. The molecule has 0 bridgehead atoms. The fourth-order valence-corrected chi connectivity index (χ4v) is 3.29. The van der Waals surface area contributed by atoms with Gasteiger partial charge in [0.25, 0.3) is 0 Å². The summed E-state index contributed by atoms with van der Waals surface area (Å²) in [5, 5.41) is 9.88. The van der Waals surface area contributed by atoms with Crippen molar-refractivity contribution >= 4 is 24.2 Å². The van der Waals surface area contributed by atoms with Crippen molar-refractivity contribution in [1.29, 1.82) is 0 Å². The SMILES string of the molecule is CC(C)OC(=O)Oc1ccc(CC(N)(C[C@H](C)OC(=O)CC(C)(C)C)C(=O)O)cc1OC(=O)OC(C)C. The van der Waals surface area contributed by atoms with Crippen LogP contribution in [-0.2, 0) is 30.2 Å². The van der Waals surface area contributed by atoms with Crippen LogP contribution in [-0.4, -0.2) is 53.2 Å². The highest BCUT2D eigenvalue weighted by Gasteiger charge is 2.37. The van der Waals surface area contributed by atoms with Gasteiger partial charge in [0.05, 0.1) is 18.6 Å². The summed E-state index contributed by atoms with van der Waals surface area (Å²) in [6.07, 6.45) is -4.00. The molecular weight excluding hydrogens is 486 g/mol. The summed E-state index contributed by atoms with van der Waals surface area (Å²) in [5.41, 5.74) is 4.48. The Labute approximate surface area is 217 Å². The highest BCUT2D eigenvalue weighted by atomic mass is 16.7. The van der Waals surface area contributed by atoms with Crippen molar-refractivity contribution in [3.8, 4) is 11.5 Å². The monoisotopic (exact) mass is 525 g/mol. The maximum atomic E-state index is 12.2. The minimum absolute atomic E-state index is 0.141. The zero-order valence-electron chi connectivity index (χ0n) is 22.8. The van der Waals surface area contributed by atoms with Crippen LogP contribution >= 0.6 is 0 Å². The summed E-state index contributed by atoms with van der Waals surface area (Å²) in [5.74, 6) is -2.10. The molecule has 0 aliphatic rings. The summed E-state index contributed by atoms with van der Waals surface area (Å²) in [7, 11) is 0. The van der Waals surface area contributed by atoms with Gasteiger partial charge in [-0.25, -0.2) is 9.59 Å². The number of ether oxygens (including phenoxy) is 5. The first-order valence-corrected chi connectivity index (χ1v) is 12.0. The average Bonchev–Trinajstić information content (AvgIpc) is 2.66. The van der Waals surface area contributed by atoms with Gasteiger partial charge in [-0.15, -0.1) is 0 Å². The number of esters is 1. The van der Waals surface area contributed by atoms with Crippen LogP contribution in [0.5, 0.6) is 11.5 Å². The summed E-state index contributed by atoms with van der Waals surface area (Å²) in [6.45, 7) is 13.7. The van der Waals surface area contributed by atoms with E-state index < -0.39 is 48.1 Å². The predicted octanol–water partition coefficient (Wildman–Crippen LogP) is 4.62. The third-order valence-corrected chi connectivity index (χ3v) is 4.66. The van der Waals surface area contributed by atoms with Crippen molar-refractivity contribution in [1.82, 2.24) is 0 Å². The Kier molecular flexibility index (Phi) is 11.4. The number of hydrogen-bond donors (Lipinski definition) is 2. The Balaban J connectivity index is 3.17. The number of rotatable bonds is 11. The molecule has 0 saturated carbocycles. The number of carboxylic acids is 1. The lowest BCUT2D eigenvalue weighted by Gasteiger charge is -2.28. The first-order valence-electron chi connectivity index (χ1n) is 12.0. The number of benzene rings is 1. The zero-order valence-corrected chi connectivity index (χ0v) is 22.8. The van der Waals surface area contributed by atoms with Gasteiger partial charge >= 0.3 is 24.2 Å². The van der Waals surface area contributed by atoms with Crippen molar-refractivity contribution < 1.29 is 48.0 Å². The molecule has 1 rings (SSSR count). The van der Waals surface area contributed by atoms with Crippen molar-refractivity contribution in [2.75, 3.05) is 0 Å². The molecule has 0 aromatic heterocycles. The van der Waals surface area contributed by atoms with E-state index in [0.717, 1.165) is 0 Å². The van der Waals surface area contributed by atoms with Crippen molar-refractivity contribution in [3.05, 3.63) is 23.8 Å². The van der Waals surface area contributed by atoms with Crippen molar-refractivity contribution in [3.63, 3.8) is 0 Å². The molecule has 1 unspecified atom stereocenters. The molecule has 0 amide bonds. The molecule has 0 heterocycles. The number of carboxylic acid groups (broad SMARTS) is 1. The molecule has 0 saturated heterocycles. The van der Waals surface area contributed by atoms with Crippen LogP contribution in [0.4, 0.5) is 9.59 Å². The van der Waals surface area contributed by atoms with E-state index in [1.807, 2.05) is 20.8 Å². The molecule has 11 heteroatoms. The summed E-state index contributed by atoms with van der Waals surface area (Å²) in [6, 6.07) is 4.11. The molecule has 11 nitrogen and oxygen atoms in total. The Morgan fingerprint density at radius 2 is 1.38 bits per heavy atom. The van der Waals surface area contributed by atoms with E-state index in [9.17, 15) is 24.3 Å². The van der Waals surface area contributed by atoms with Crippen LogP contribution in [0, 0.1) is 5.41 Å². The molecule has 0 radical (unpaired) electrons. The molecule has 2 atom stereocenters. The van der Waals surface area contributed by atoms with Gasteiger partial charge in [-0.1, -0.05) is 26.8 Å². The second kappa shape index (κ2) is 13.3. The molecule has 1 aromatic carbocycles. The Bertz CT molecular complexity index is 967. The lowest BCUT2D eigenvalue weighted by Crippen LogP contribution is -2.52. The van der Waals surface area contributed by atoms with E-state index in [-0.39, 0.29) is 36.2 Å². The van der Waals surface area contributed by atoms with Gasteiger partial charge in [0.2, 0.25) is 0 Å². The fraction of sp³-hybridized carbons (Fsp3) is 0.615. The van der Waals surface area contributed by atoms with E-state index in [0.29, 0.717) is 5.56 Å². The molecule has 0 aliphatic carbocycles. The van der Waals surface area contributed by atoms with Crippen LogP contribution in [0.3, 0.4) is 0 Å². The van der Waals surface area contributed by atoms with E-state index in [4.69, 9.17) is 29.4 Å². The third kappa shape index (κ3) is 12.0. The normalized spacial score (nSPS) is 13.9. The number of carbonyl (C=O) groups excluding carboxylic acids is 3. The standard InChI is InChI=1S/C26H39NO10/c1-15(2)33-23(31)36-19-10-9-18(11-20(19)37-24(32)34-16(3)4)13-26(27,22(29)30)12-17(5)35-21(28)14-25(6,7)8/h9-11,15-17H,12-14,27H2,1-8H3,(H,29,30)/t17-,26?/m0/s1. The number of nitrogens with two attached hydrogens (primary N) is 1. The lowest BCUT2D eigenvalue weighted by atomic mass is 9.86. The maximum Gasteiger partial charge on any atom is 0.514 e. The van der Waals surface area contributed by atoms with E-state index >= 15 is 0 Å². The highest BCUT2D eigenvalue weighted by Crippen LogP contribution is 2.32. The van der Waals surface area contributed by atoms with E-state index in [2.05, 4.69) is 0 Å². The van der Waals surface area contributed by atoms with E-state index in [1.165, 1.54) is 18.2 Å². The molecule has 3 N–H and O–H groups in total. The van der Waals surface area contributed by atoms with Crippen molar-refractivity contribution in [2.24, 2.45) is 11.1 Å². The zero-order chi connectivity index (χ0) is 28.6. The number of aliphatic carboxylic acids is 1. The van der Waals surface area contributed by atoms with Gasteiger partial charge in [-0.05, 0) is 57.7 Å². The third-order valence-electron chi connectivity index (χ3n) is 4.66.